The molecule has 0 atom stereocenters. The van der Waals surface area contributed by atoms with Crippen molar-refractivity contribution < 1.29 is 0 Å². The van der Waals surface area contributed by atoms with Gasteiger partial charge in [0.2, 0.25) is 5.95 Å². The molecule has 4 aromatic heterocycles. The van der Waals surface area contributed by atoms with Crippen molar-refractivity contribution in [3.8, 4) is 28.3 Å². The average molecular weight is 663 g/mol. The normalized spacial score (nSPS) is 13.0. The fourth-order valence-electron chi connectivity index (χ4n) is 9.15. The maximum atomic E-state index is 5.45. The van der Waals surface area contributed by atoms with Gasteiger partial charge in [0.25, 0.3) is 0 Å². The second-order valence-electron chi connectivity index (χ2n) is 14.0. The molecule has 52 heavy (non-hydrogen) atoms. The van der Waals surface area contributed by atoms with Crippen LogP contribution < -0.4 is 5.22 Å². The van der Waals surface area contributed by atoms with E-state index in [2.05, 4.69) is 167 Å². The van der Waals surface area contributed by atoms with Gasteiger partial charge in [0, 0.05) is 43.1 Å². The topological polar surface area (TPSA) is 35.1 Å². The molecule has 0 aliphatic heterocycles. The Balaban J connectivity index is 1.21. The molecule has 0 bridgehead atoms. The number of benzene rings is 7. The third-order valence-electron chi connectivity index (χ3n) is 11.3. The molecule has 0 spiro atoms. The van der Waals surface area contributed by atoms with E-state index in [4.69, 9.17) is 9.97 Å². The van der Waals surface area contributed by atoms with E-state index in [1.54, 1.807) is 0 Å². The van der Waals surface area contributed by atoms with Gasteiger partial charge in [0.15, 0.2) is 0 Å². The highest BCUT2D eigenvalue weighted by Gasteiger charge is 2.25. The Morgan fingerprint density at radius 1 is 0.481 bits per heavy atom. The lowest BCUT2D eigenvalue weighted by Crippen LogP contribution is -2.05. The Hall–Kier alpha value is -6.78. The lowest BCUT2D eigenvalue weighted by Gasteiger charge is -2.13. The first-order valence-corrected chi connectivity index (χ1v) is 18.1. The van der Waals surface area contributed by atoms with Gasteiger partial charge in [-0.25, -0.2) is 9.97 Å². The molecule has 1 aliphatic rings. The van der Waals surface area contributed by atoms with E-state index in [1.165, 1.54) is 65.2 Å². The van der Waals surface area contributed by atoms with Gasteiger partial charge in [-0.2, -0.15) is 0 Å². The standard InChI is InChI=1S/C48H30N4/c1-2-12-29(13-3-1)31-14-10-15-32(28-31)45-37-17-4-7-21-39(37)49-48(50-45)51-41-23-9-6-18-38(41)44-42(51)27-25-30-24-26-36-35-20-11-19-34-33-16-5-8-22-40(33)52(46(34)35)47(36)43(30)44/h1-10,12-19,21-28H,11,20H2. The fraction of sp³-hybridized carbons (Fsp3) is 0.0417. The van der Waals surface area contributed by atoms with Crippen LogP contribution in [0.15, 0.2) is 152 Å². The number of fused-ring (bicyclic) bond motifs is 13. The molecule has 4 heteroatoms. The maximum absolute atomic E-state index is 5.45. The molecule has 1 aliphatic carbocycles. The summed E-state index contributed by atoms with van der Waals surface area (Å²) in [6, 6.07) is 54.6. The molecule has 12 rings (SSSR count). The number of hydrogen-bond acceptors (Lipinski definition) is 2. The third kappa shape index (κ3) is 3.70. The Morgan fingerprint density at radius 2 is 1.21 bits per heavy atom. The molecule has 0 fully saturated rings. The SMILES string of the molecule is C1=c2c3ccccc3n3c2c(c2ccc4ccc5c(c6ccccc6n5-c5nc(-c6cccc(-c7ccccc7)c6)c6ccccc6n5)c4c23)CC1. The van der Waals surface area contributed by atoms with Crippen molar-refractivity contribution in [3.63, 3.8) is 0 Å². The van der Waals surface area contributed by atoms with E-state index in [0.717, 1.165) is 51.6 Å². The summed E-state index contributed by atoms with van der Waals surface area (Å²) in [5.74, 6) is 0.672. The van der Waals surface area contributed by atoms with Crippen LogP contribution in [0, 0.1) is 0 Å². The van der Waals surface area contributed by atoms with Crippen LogP contribution in [0.25, 0.3) is 105 Å². The molecule has 0 saturated carbocycles. The van der Waals surface area contributed by atoms with Crippen molar-refractivity contribution in [2.45, 2.75) is 12.8 Å². The monoisotopic (exact) mass is 662 g/mol. The lowest BCUT2D eigenvalue weighted by atomic mass is 9.96. The minimum atomic E-state index is 0.672. The summed E-state index contributed by atoms with van der Waals surface area (Å²) in [6.45, 7) is 0. The highest BCUT2D eigenvalue weighted by Crippen LogP contribution is 2.43. The van der Waals surface area contributed by atoms with Crippen molar-refractivity contribution in [1.29, 1.82) is 0 Å². The average Bonchev–Trinajstić information content (AvgIpc) is 3.86. The number of hydrogen-bond donors (Lipinski definition) is 0. The minimum Gasteiger partial charge on any atom is -0.308 e. The van der Waals surface area contributed by atoms with Gasteiger partial charge in [0.1, 0.15) is 0 Å². The number of para-hydroxylation sites is 3. The van der Waals surface area contributed by atoms with Crippen LogP contribution in [-0.4, -0.2) is 18.9 Å². The molecule has 4 nitrogen and oxygen atoms in total. The van der Waals surface area contributed by atoms with Crippen LogP contribution in [0.2, 0.25) is 0 Å². The van der Waals surface area contributed by atoms with Gasteiger partial charge in [0.05, 0.1) is 38.8 Å². The van der Waals surface area contributed by atoms with E-state index < -0.39 is 0 Å². The highest BCUT2D eigenvalue weighted by molar-refractivity contribution is 6.29. The van der Waals surface area contributed by atoms with Crippen LogP contribution in [0.4, 0.5) is 0 Å². The summed E-state index contributed by atoms with van der Waals surface area (Å²) in [4.78, 5) is 10.7. The van der Waals surface area contributed by atoms with Gasteiger partial charge < -0.3 is 4.40 Å². The molecule has 0 radical (unpaired) electrons. The molecule has 7 aromatic carbocycles. The van der Waals surface area contributed by atoms with Crippen LogP contribution in [0.3, 0.4) is 0 Å². The summed E-state index contributed by atoms with van der Waals surface area (Å²) in [7, 11) is 0. The molecular weight excluding hydrogens is 633 g/mol. The smallest absolute Gasteiger partial charge is 0.235 e. The van der Waals surface area contributed by atoms with E-state index >= 15 is 0 Å². The van der Waals surface area contributed by atoms with Crippen molar-refractivity contribution in [3.05, 3.63) is 162 Å². The molecule has 0 amide bonds. The Morgan fingerprint density at radius 3 is 2.12 bits per heavy atom. The van der Waals surface area contributed by atoms with Gasteiger partial charge in [-0.3, -0.25) is 4.57 Å². The van der Waals surface area contributed by atoms with E-state index in [-0.39, 0.29) is 0 Å². The maximum Gasteiger partial charge on any atom is 0.235 e. The zero-order valence-electron chi connectivity index (χ0n) is 28.2. The van der Waals surface area contributed by atoms with Crippen LogP contribution in [-0.2, 0) is 6.42 Å². The van der Waals surface area contributed by atoms with E-state index in [9.17, 15) is 0 Å². The number of rotatable bonds is 3. The molecule has 0 unspecified atom stereocenters. The Bertz CT molecular complexity index is 3350. The first kappa shape index (κ1) is 28.0. The minimum absolute atomic E-state index is 0.672. The van der Waals surface area contributed by atoms with E-state index in [0.29, 0.717) is 5.95 Å². The number of aryl methyl sites for hydroxylation is 1. The highest BCUT2D eigenvalue weighted by atomic mass is 15.2. The second-order valence-corrected chi connectivity index (χ2v) is 14.0. The second kappa shape index (κ2) is 10.4. The predicted octanol–water partition coefficient (Wildman–Crippen LogP) is 11.2. The fourth-order valence-corrected chi connectivity index (χ4v) is 9.15. The van der Waals surface area contributed by atoms with Gasteiger partial charge >= 0.3 is 0 Å². The summed E-state index contributed by atoms with van der Waals surface area (Å²) in [5.41, 5.74) is 12.9. The molecule has 0 saturated heterocycles. The van der Waals surface area contributed by atoms with Gasteiger partial charge in [-0.15, -0.1) is 0 Å². The van der Waals surface area contributed by atoms with Crippen LogP contribution in [0.5, 0.6) is 0 Å². The van der Waals surface area contributed by atoms with Gasteiger partial charge in [-0.05, 0) is 65.3 Å². The molecule has 0 N–H and O–H groups in total. The lowest BCUT2D eigenvalue weighted by molar-refractivity contribution is 1.01. The third-order valence-corrected chi connectivity index (χ3v) is 11.3. The van der Waals surface area contributed by atoms with Crippen molar-refractivity contribution in [2.75, 3.05) is 0 Å². The van der Waals surface area contributed by atoms with E-state index in [1.807, 2.05) is 0 Å². The Labute approximate surface area is 298 Å². The molecule has 242 valence electrons. The zero-order valence-corrected chi connectivity index (χ0v) is 28.2. The quantitative estimate of drug-likeness (QED) is 0.189. The van der Waals surface area contributed by atoms with Crippen molar-refractivity contribution >= 4 is 76.9 Å². The summed E-state index contributed by atoms with van der Waals surface area (Å²) in [6.07, 6.45) is 4.56. The largest absolute Gasteiger partial charge is 0.308 e. The Kier molecular flexibility index (Phi) is 5.58. The summed E-state index contributed by atoms with van der Waals surface area (Å²) >= 11 is 0. The first-order valence-electron chi connectivity index (χ1n) is 18.1. The number of nitrogens with zero attached hydrogens (tertiary/aromatic N) is 4. The summed E-state index contributed by atoms with van der Waals surface area (Å²) < 4.78 is 4.84. The number of aromatic nitrogens is 4. The molecule has 11 aromatic rings. The predicted molar refractivity (Wildman–Crippen MR) is 216 cm³/mol. The molecule has 4 heterocycles. The van der Waals surface area contributed by atoms with Crippen molar-refractivity contribution in [2.24, 2.45) is 0 Å². The van der Waals surface area contributed by atoms with Gasteiger partial charge in [-0.1, -0.05) is 127 Å². The first-order chi connectivity index (χ1) is 25.8. The van der Waals surface area contributed by atoms with Crippen LogP contribution in [0.1, 0.15) is 12.0 Å². The van der Waals surface area contributed by atoms with Crippen LogP contribution >= 0.6 is 0 Å². The zero-order chi connectivity index (χ0) is 33.9. The molecular formula is C48H30N4. The summed E-state index contributed by atoms with van der Waals surface area (Å²) in [5, 5.41) is 10.1. The van der Waals surface area contributed by atoms with Crippen molar-refractivity contribution in [1.82, 2.24) is 18.9 Å².